The van der Waals surface area contributed by atoms with Crippen LogP contribution >= 0.6 is 11.3 Å². The zero-order valence-corrected chi connectivity index (χ0v) is 13.6. The average Bonchev–Trinajstić information content (AvgIpc) is 3.28. The minimum absolute atomic E-state index is 0.219. The van der Waals surface area contributed by atoms with Crippen LogP contribution in [-0.4, -0.2) is 52.4 Å². The molecule has 0 saturated heterocycles. The van der Waals surface area contributed by atoms with Gasteiger partial charge in [-0.2, -0.15) is 0 Å². The molecule has 0 N–H and O–H groups in total. The molecular weight excluding hydrogens is 338 g/mol. The number of ether oxygens (including phenoxy) is 2. The Morgan fingerprint density at radius 1 is 1.42 bits per heavy atom. The molecule has 0 aliphatic heterocycles. The number of esters is 2. The minimum atomic E-state index is -1.22. The molecule has 0 aliphatic rings. The lowest BCUT2D eigenvalue weighted by molar-refractivity contribution is -0.147. The fourth-order valence-corrected chi connectivity index (χ4v) is 2.53. The molecule has 0 saturated carbocycles. The molecule has 2 atom stereocenters. The smallest absolute Gasteiger partial charge is 0.332 e. The quantitative estimate of drug-likeness (QED) is 0.317. The highest BCUT2D eigenvalue weighted by molar-refractivity contribution is 7.13. The van der Waals surface area contributed by atoms with Gasteiger partial charge in [0.15, 0.2) is 6.04 Å². The normalized spacial score (nSPS) is 12.8. The first-order valence-electron chi connectivity index (χ1n) is 6.64. The maximum absolute atomic E-state index is 12.0. The third-order valence-electron chi connectivity index (χ3n) is 3.03. The summed E-state index contributed by atoms with van der Waals surface area (Å²) >= 11 is 1.41. The van der Waals surface area contributed by atoms with Gasteiger partial charge >= 0.3 is 11.9 Å². The summed E-state index contributed by atoms with van der Waals surface area (Å²) in [6.07, 6.45) is -0.219. The van der Waals surface area contributed by atoms with Crippen LogP contribution in [0.1, 0.15) is 12.5 Å². The fourth-order valence-electron chi connectivity index (χ4n) is 1.88. The van der Waals surface area contributed by atoms with Crippen molar-refractivity contribution in [1.82, 2.24) is 20.2 Å². The van der Waals surface area contributed by atoms with E-state index in [1.165, 1.54) is 18.4 Å². The van der Waals surface area contributed by atoms with Crippen molar-refractivity contribution in [2.75, 3.05) is 14.2 Å². The molecule has 0 spiro atoms. The van der Waals surface area contributed by atoms with Gasteiger partial charge in [0.2, 0.25) is 5.82 Å². The first-order valence-corrected chi connectivity index (χ1v) is 7.52. The molecule has 0 fully saturated rings. The van der Waals surface area contributed by atoms with Crippen molar-refractivity contribution in [3.8, 4) is 10.7 Å². The van der Waals surface area contributed by atoms with Gasteiger partial charge in [0.25, 0.3) is 0 Å². The molecular formula is C12H13N7O4S. The van der Waals surface area contributed by atoms with E-state index in [1.807, 2.05) is 11.4 Å². The Morgan fingerprint density at radius 3 is 2.75 bits per heavy atom. The minimum Gasteiger partial charge on any atom is -0.469 e. The van der Waals surface area contributed by atoms with Crippen LogP contribution in [-0.2, 0) is 19.1 Å². The maximum atomic E-state index is 12.0. The lowest BCUT2D eigenvalue weighted by Crippen LogP contribution is -2.30. The Morgan fingerprint density at radius 2 is 2.17 bits per heavy atom. The van der Waals surface area contributed by atoms with Gasteiger partial charge in [-0.3, -0.25) is 4.79 Å². The second-order valence-corrected chi connectivity index (χ2v) is 5.38. The zero-order valence-electron chi connectivity index (χ0n) is 12.8. The van der Waals surface area contributed by atoms with Crippen LogP contribution in [0.5, 0.6) is 0 Å². The highest BCUT2D eigenvalue weighted by Gasteiger charge is 2.31. The molecule has 126 valence electrons. The van der Waals surface area contributed by atoms with E-state index in [0.29, 0.717) is 5.82 Å². The van der Waals surface area contributed by atoms with Gasteiger partial charge in [-0.05, 0) is 22.2 Å². The lowest BCUT2D eigenvalue weighted by atomic mass is 10.1. The molecule has 2 aromatic rings. The summed E-state index contributed by atoms with van der Waals surface area (Å²) in [5.41, 5.74) is 8.57. The van der Waals surface area contributed by atoms with Crippen molar-refractivity contribution >= 4 is 23.3 Å². The molecule has 0 bridgehead atoms. The van der Waals surface area contributed by atoms with Gasteiger partial charge in [-0.15, -0.1) is 26.3 Å². The lowest BCUT2D eigenvalue weighted by Gasteiger charge is -2.16. The average molecular weight is 351 g/mol. The van der Waals surface area contributed by atoms with Crippen molar-refractivity contribution in [2.24, 2.45) is 5.11 Å². The second kappa shape index (κ2) is 8.04. The highest BCUT2D eigenvalue weighted by atomic mass is 32.1. The molecule has 0 aliphatic carbocycles. The predicted molar refractivity (Wildman–Crippen MR) is 81.8 cm³/mol. The molecule has 11 nitrogen and oxygen atoms in total. The van der Waals surface area contributed by atoms with E-state index in [2.05, 4.69) is 30.2 Å². The molecule has 0 amide bonds. The summed E-state index contributed by atoms with van der Waals surface area (Å²) in [5.74, 6) is -1.15. The van der Waals surface area contributed by atoms with Gasteiger partial charge in [0.05, 0.1) is 19.1 Å². The third-order valence-corrected chi connectivity index (χ3v) is 3.90. The number of thiophene rings is 1. The van der Waals surface area contributed by atoms with Crippen molar-refractivity contribution in [1.29, 1.82) is 0 Å². The molecule has 2 aromatic heterocycles. The molecule has 12 heteroatoms. The van der Waals surface area contributed by atoms with Gasteiger partial charge in [-0.1, -0.05) is 11.2 Å². The maximum Gasteiger partial charge on any atom is 0.332 e. The Bertz CT molecular complexity index is 753. The molecule has 2 unspecified atom stereocenters. The fraction of sp³-hybridized carbons (Fsp3) is 0.417. The number of rotatable bonds is 7. The van der Waals surface area contributed by atoms with Crippen LogP contribution in [0.2, 0.25) is 0 Å². The summed E-state index contributed by atoms with van der Waals surface area (Å²) in [4.78, 5) is 28.1. The van der Waals surface area contributed by atoms with E-state index in [-0.39, 0.29) is 6.42 Å². The number of aromatic nitrogens is 4. The van der Waals surface area contributed by atoms with Crippen LogP contribution in [0, 0.1) is 0 Å². The molecule has 0 radical (unpaired) electrons. The molecule has 2 heterocycles. The summed E-state index contributed by atoms with van der Waals surface area (Å²) in [7, 11) is 2.34. The molecule has 0 aromatic carbocycles. The Labute approximate surface area is 139 Å². The monoisotopic (exact) mass is 351 g/mol. The van der Waals surface area contributed by atoms with Gasteiger partial charge in [0, 0.05) is 11.3 Å². The largest absolute Gasteiger partial charge is 0.469 e. The zero-order chi connectivity index (χ0) is 17.5. The highest BCUT2D eigenvalue weighted by Crippen LogP contribution is 2.22. The van der Waals surface area contributed by atoms with E-state index in [1.54, 1.807) is 6.07 Å². The van der Waals surface area contributed by atoms with Crippen LogP contribution < -0.4 is 0 Å². The summed E-state index contributed by atoms with van der Waals surface area (Å²) < 4.78 is 9.27. The van der Waals surface area contributed by atoms with Crippen molar-refractivity contribution in [2.45, 2.75) is 18.5 Å². The van der Waals surface area contributed by atoms with E-state index in [4.69, 9.17) is 10.3 Å². The number of carbonyl (C=O) groups is 2. The van der Waals surface area contributed by atoms with Crippen LogP contribution in [0.15, 0.2) is 22.6 Å². The number of azide groups is 1. The van der Waals surface area contributed by atoms with Crippen LogP contribution in [0.4, 0.5) is 0 Å². The Kier molecular flexibility index (Phi) is 5.82. The number of methoxy groups -OCH3 is 2. The first-order chi connectivity index (χ1) is 11.6. The predicted octanol–water partition coefficient (Wildman–Crippen LogP) is 1.36. The van der Waals surface area contributed by atoms with Gasteiger partial charge in [-0.25, -0.2) is 4.79 Å². The number of hydrogen-bond donors (Lipinski definition) is 0. The SMILES string of the molecule is COC(=O)C(CC(C(=O)OC)n1nnc(-c2cccs2)n1)N=[N+]=[N-]. The number of tetrazole rings is 1. The number of carbonyl (C=O) groups excluding carboxylic acids is 2. The van der Waals surface area contributed by atoms with E-state index < -0.39 is 24.0 Å². The van der Waals surface area contributed by atoms with E-state index in [0.717, 1.165) is 16.8 Å². The van der Waals surface area contributed by atoms with Crippen molar-refractivity contribution < 1.29 is 19.1 Å². The van der Waals surface area contributed by atoms with Crippen molar-refractivity contribution in [3.05, 3.63) is 28.0 Å². The third kappa shape index (κ3) is 3.86. The summed E-state index contributed by atoms with van der Waals surface area (Å²) in [5, 5.41) is 17.0. The Hall–Kier alpha value is -2.98. The van der Waals surface area contributed by atoms with Gasteiger partial charge in [0.1, 0.15) is 6.04 Å². The van der Waals surface area contributed by atoms with Crippen LogP contribution in [0.3, 0.4) is 0 Å². The topological polar surface area (TPSA) is 145 Å². The summed E-state index contributed by atoms with van der Waals surface area (Å²) in [6, 6.07) is 1.31. The van der Waals surface area contributed by atoms with Crippen LogP contribution in [0.25, 0.3) is 21.1 Å². The Balaban J connectivity index is 2.30. The summed E-state index contributed by atoms with van der Waals surface area (Å²) in [6.45, 7) is 0. The van der Waals surface area contributed by atoms with Gasteiger partial charge < -0.3 is 9.47 Å². The number of hydrogen-bond acceptors (Lipinski definition) is 9. The van der Waals surface area contributed by atoms with Crippen molar-refractivity contribution in [3.63, 3.8) is 0 Å². The first kappa shape index (κ1) is 17.4. The second-order valence-electron chi connectivity index (χ2n) is 4.43. The van der Waals surface area contributed by atoms with E-state index >= 15 is 0 Å². The van der Waals surface area contributed by atoms with E-state index in [9.17, 15) is 9.59 Å². The molecule has 2 rings (SSSR count). The standard InChI is InChI=1S/C12H13N7O4S/c1-22-11(20)7(14-17-13)6-8(12(21)23-2)19-16-10(15-18-19)9-4-3-5-24-9/h3-5,7-8H,6H2,1-2H3. The number of nitrogens with zero attached hydrogens (tertiary/aromatic N) is 7. The molecule has 24 heavy (non-hydrogen) atoms.